The Hall–Kier alpha value is -2.48. The van der Waals surface area contributed by atoms with Crippen molar-refractivity contribution in [2.45, 2.75) is 6.18 Å². The summed E-state index contributed by atoms with van der Waals surface area (Å²) in [6.45, 7) is 0. The molecule has 0 radical (unpaired) electrons. The van der Waals surface area contributed by atoms with Gasteiger partial charge in [0.15, 0.2) is 5.52 Å². The van der Waals surface area contributed by atoms with E-state index in [4.69, 9.17) is 17.3 Å². The van der Waals surface area contributed by atoms with Crippen molar-refractivity contribution in [2.24, 2.45) is 0 Å². The zero-order chi connectivity index (χ0) is 15.9. The highest BCUT2D eigenvalue weighted by atomic mass is 35.5. The molecule has 0 unspecified atom stereocenters. The van der Waals surface area contributed by atoms with Crippen LogP contribution >= 0.6 is 11.6 Å². The van der Waals surface area contributed by atoms with Gasteiger partial charge in [-0.3, -0.25) is 0 Å². The molecule has 3 aromatic rings. The van der Waals surface area contributed by atoms with E-state index < -0.39 is 11.7 Å². The lowest BCUT2D eigenvalue weighted by atomic mass is 10.1. The molecular formula is C13H8ClF3N4O. The lowest BCUT2D eigenvalue weighted by molar-refractivity contribution is -0.137. The maximum atomic E-state index is 12.8. The lowest BCUT2D eigenvalue weighted by Gasteiger charge is -2.13. The highest BCUT2D eigenvalue weighted by molar-refractivity contribution is 6.31. The third kappa shape index (κ3) is 2.52. The average molecular weight is 329 g/mol. The molecule has 0 atom stereocenters. The van der Waals surface area contributed by atoms with Gasteiger partial charge in [0.05, 0.1) is 22.0 Å². The molecular weight excluding hydrogens is 321 g/mol. The Morgan fingerprint density at radius 3 is 2.64 bits per heavy atom. The van der Waals surface area contributed by atoms with E-state index in [9.17, 15) is 13.2 Å². The molecule has 0 saturated heterocycles. The fourth-order valence-corrected chi connectivity index (χ4v) is 2.18. The van der Waals surface area contributed by atoms with E-state index in [2.05, 4.69) is 20.3 Å². The number of fused-ring (bicyclic) bond motifs is 1. The molecule has 3 rings (SSSR count). The van der Waals surface area contributed by atoms with Crippen LogP contribution in [0.25, 0.3) is 11.0 Å². The summed E-state index contributed by atoms with van der Waals surface area (Å²) < 4.78 is 43.1. The van der Waals surface area contributed by atoms with E-state index in [1.807, 2.05) is 0 Å². The Morgan fingerprint density at radius 1 is 1.14 bits per heavy atom. The van der Waals surface area contributed by atoms with Gasteiger partial charge in [-0.2, -0.15) is 13.2 Å². The minimum absolute atomic E-state index is 0.194. The second-order valence-electron chi connectivity index (χ2n) is 4.48. The molecule has 0 aliphatic carbocycles. The Balaban J connectivity index is 2.00. The van der Waals surface area contributed by atoms with Gasteiger partial charge in [0.2, 0.25) is 0 Å². The number of anilines is 3. The van der Waals surface area contributed by atoms with E-state index in [1.165, 1.54) is 12.1 Å². The monoisotopic (exact) mass is 328 g/mol. The Bertz CT molecular complexity index is 847. The predicted molar refractivity (Wildman–Crippen MR) is 76.0 cm³/mol. The van der Waals surface area contributed by atoms with Crippen LogP contribution in [-0.2, 0) is 6.18 Å². The summed E-state index contributed by atoms with van der Waals surface area (Å²) in [6, 6.07) is 6.66. The standard InChI is InChI=1S/C13H8ClF3N4O/c14-8-2-1-6(5-7(8)13(15,16)17)19-9-3-4-10-12(11(9)18)21-22-20-10/h1-5,19H,18H2. The molecule has 1 heterocycles. The summed E-state index contributed by atoms with van der Waals surface area (Å²) in [5, 5.41) is 9.69. The third-order valence-electron chi connectivity index (χ3n) is 3.02. The molecule has 114 valence electrons. The highest BCUT2D eigenvalue weighted by Crippen LogP contribution is 2.37. The van der Waals surface area contributed by atoms with E-state index in [-0.39, 0.29) is 16.4 Å². The maximum absolute atomic E-state index is 12.8. The van der Waals surface area contributed by atoms with E-state index in [0.29, 0.717) is 16.7 Å². The second kappa shape index (κ2) is 5.06. The smallest absolute Gasteiger partial charge is 0.395 e. The van der Waals surface area contributed by atoms with Gasteiger partial charge in [-0.25, -0.2) is 4.63 Å². The van der Waals surface area contributed by atoms with Crippen molar-refractivity contribution in [3.8, 4) is 0 Å². The van der Waals surface area contributed by atoms with Crippen molar-refractivity contribution < 1.29 is 17.8 Å². The molecule has 22 heavy (non-hydrogen) atoms. The van der Waals surface area contributed by atoms with Crippen LogP contribution in [0.15, 0.2) is 35.0 Å². The minimum atomic E-state index is -4.54. The average Bonchev–Trinajstić information content (AvgIpc) is 2.92. The van der Waals surface area contributed by atoms with Crippen LogP contribution in [0, 0.1) is 0 Å². The number of rotatable bonds is 2. The number of hydrogen-bond donors (Lipinski definition) is 2. The largest absolute Gasteiger partial charge is 0.417 e. The molecule has 0 aliphatic heterocycles. The first-order valence-electron chi connectivity index (χ1n) is 6.01. The Labute approximate surface area is 126 Å². The Morgan fingerprint density at radius 2 is 1.91 bits per heavy atom. The van der Waals surface area contributed by atoms with Crippen molar-refractivity contribution >= 4 is 39.7 Å². The SMILES string of the molecule is Nc1c(Nc2ccc(Cl)c(C(F)(F)F)c2)ccc2nonc12. The number of halogens is 4. The van der Waals surface area contributed by atoms with Gasteiger partial charge in [-0.05, 0) is 40.6 Å². The molecule has 2 aromatic carbocycles. The highest BCUT2D eigenvalue weighted by Gasteiger charge is 2.33. The number of alkyl halides is 3. The fourth-order valence-electron chi connectivity index (χ4n) is 1.96. The van der Waals surface area contributed by atoms with Gasteiger partial charge in [0, 0.05) is 5.69 Å². The zero-order valence-electron chi connectivity index (χ0n) is 10.8. The van der Waals surface area contributed by atoms with Crippen LogP contribution in [0.2, 0.25) is 5.02 Å². The van der Waals surface area contributed by atoms with Crippen molar-refractivity contribution in [1.29, 1.82) is 0 Å². The summed E-state index contributed by atoms with van der Waals surface area (Å²) >= 11 is 5.58. The zero-order valence-corrected chi connectivity index (χ0v) is 11.5. The Kier molecular flexibility index (Phi) is 3.32. The summed E-state index contributed by atoms with van der Waals surface area (Å²) in [7, 11) is 0. The number of nitrogens with one attached hydrogen (secondary N) is 1. The third-order valence-corrected chi connectivity index (χ3v) is 3.35. The van der Waals surface area contributed by atoms with Crippen LogP contribution in [0.1, 0.15) is 5.56 Å². The van der Waals surface area contributed by atoms with E-state index in [0.717, 1.165) is 6.07 Å². The van der Waals surface area contributed by atoms with E-state index in [1.54, 1.807) is 12.1 Å². The summed E-state index contributed by atoms with van der Waals surface area (Å²) in [6.07, 6.45) is -4.54. The number of hydrogen-bond acceptors (Lipinski definition) is 5. The summed E-state index contributed by atoms with van der Waals surface area (Å²) in [5.41, 5.74) is 6.55. The van der Waals surface area contributed by atoms with Gasteiger partial charge in [0.1, 0.15) is 5.52 Å². The molecule has 5 nitrogen and oxygen atoms in total. The van der Waals surface area contributed by atoms with Gasteiger partial charge in [0.25, 0.3) is 0 Å². The number of nitrogens with two attached hydrogens (primary N) is 1. The predicted octanol–water partition coefficient (Wildman–Crippen LogP) is 4.22. The first-order chi connectivity index (χ1) is 10.4. The number of benzene rings is 2. The van der Waals surface area contributed by atoms with Crippen LogP contribution in [-0.4, -0.2) is 10.3 Å². The van der Waals surface area contributed by atoms with Crippen LogP contribution in [0.4, 0.5) is 30.2 Å². The molecule has 1 aromatic heterocycles. The second-order valence-corrected chi connectivity index (χ2v) is 4.88. The quantitative estimate of drug-likeness (QED) is 0.689. The first kappa shape index (κ1) is 14.5. The van der Waals surface area contributed by atoms with Gasteiger partial charge in [-0.15, -0.1) is 0 Å². The maximum Gasteiger partial charge on any atom is 0.417 e. The van der Waals surface area contributed by atoms with Gasteiger partial charge < -0.3 is 11.1 Å². The topological polar surface area (TPSA) is 77.0 Å². The van der Waals surface area contributed by atoms with Crippen LogP contribution in [0.3, 0.4) is 0 Å². The van der Waals surface area contributed by atoms with Crippen molar-refractivity contribution in [2.75, 3.05) is 11.1 Å². The van der Waals surface area contributed by atoms with Crippen molar-refractivity contribution in [1.82, 2.24) is 10.3 Å². The number of aromatic nitrogens is 2. The van der Waals surface area contributed by atoms with Crippen LogP contribution < -0.4 is 11.1 Å². The first-order valence-corrected chi connectivity index (χ1v) is 6.38. The number of nitrogens with zero attached hydrogens (tertiary/aromatic N) is 2. The molecule has 0 spiro atoms. The molecule has 0 saturated carbocycles. The van der Waals surface area contributed by atoms with E-state index >= 15 is 0 Å². The van der Waals surface area contributed by atoms with Gasteiger partial charge >= 0.3 is 6.18 Å². The van der Waals surface area contributed by atoms with Gasteiger partial charge in [-0.1, -0.05) is 11.6 Å². The molecule has 0 aliphatic rings. The fraction of sp³-hybridized carbons (Fsp3) is 0.0769. The number of nitrogen functional groups attached to an aromatic ring is 1. The normalized spacial score (nSPS) is 11.8. The summed E-state index contributed by atoms with van der Waals surface area (Å²) in [4.78, 5) is 0. The molecule has 0 amide bonds. The lowest BCUT2D eigenvalue weighted by Crippen LogP contribution is -2.06. The molecule has 9 heteroatoms. The summed E-state index contributed by atoms with van der Waals surface area (Å²) in [5.74, 6) is 0. The van der Waals surface area contributed by atoms with Crippen LogP contribution in [0.5, 0.6) is 0 Å². The molecule has 0 bridgehead atoms. The van der Waals surface area contributed by atoms with Crippen molar-refractivity contribution in [3.63, 3.8) is 0 Å². The molecule has 0 fully saturated rings. The molecule has 3 N–H and O–H groups in total. The van der Waals surface area contributed by atoms with Crippen molar-refractivity contribution in [3.05, 3.63) is 40.9 Å². The minimum Gasteiger partial charge on any atom is -0.395 e.